The smallest absolute Gasteiger partial charge is 0.356 e. The Kier molecular flexibility index (Phi) is 4.57. The lowest BCUT2D eigenvalue weighted by Crippen LogP contribution is -2.03. The average Bonchev–Trinajstić information content (AvgIpc) is 2.85. The van der Waals surface area contributed by atoms with E-state index in [1.807, 2.05) is 24.3 Å². The van der Waals surface area contributed by atoms with Gasteiger partial charge in [-0.3, -0.25) is 4.79 Å². The van der Waals surface area contributed by atoms with E-state index in [0.29, 0.717) is 5.01 Å². The molecular formula is C14H13NO3S2. The Labute approximate surface area is 124 Å². The van der Waals surface area contributed by atoms with Crippen LogP contribution in [0, 0.1) is 0 Å². The van der Waals surface area contributed by atoms with Crippen molar-refractivity contribution in [3.8, 4) is 10.6 Å². The second kappa shape index (κ2) is 6.19. The van der Waals surface area contributed by atoms with Gasteiger partial charge in [-0.15, -0.1) is 23.1 Å². The lowest BCUT2D eigenvalue weighted by atomic mass is 10.2. The number of carbonyl (C=O) groups excluding carboxylic acids is 1. The van der Waals surface area contributed by atoms with Crippen LogP contribution >= 0.6 is 23.1 Å². The normalized spacial score (nSPS) is 10.5. The van der Waals surface area contributed by atoms with E-state index in [1.165, 1.54) is 6.92 Å². The molecule has 0 aliphatic heterocycles. The Balaban J connectivity index is 2.40. The Morgan fingerprint density at radius 3 is 2.40 bits per heavy atom. The summed E-state index contributed by atoms with van der Waals surface area (Å²) in [4.78, 5) is 28.0. The standard InChI is InChI=1S/C14H13NO3S2/c1-3-19-10-6-4-9(5-7-10)13-15-11(14(17)18)12(20-13)8(2)16/h4-7H,3H2,1-2H3,(H,17,18). The van der Waals surface area contributed by atoms with Crippen LogP contribution in [-0.4, -0.2) is 27.6 Å². The summed E-state index contributed by atoms with van der Waals surface area (Å²) in [5, 5.41) is 9.63. The number of carboxylic acids is 1. The molecule has 0 aliphatic rings. The molecule has 0 bridgehead atoms. The minimum atomic E-state index is -1.17. The largest absolute Gasteiger partial charge is 0.476 e. The second-order valence-electron chi connectivity index (χ2n) is 4.02. The maximum absolute atomic E-state index is 11.5. The quantitative estimate of drug-likeness (QED) is 0.672. The Hall–Kier alpha value is -1.66. The fraction of sp³-hybridized carbons (Fsp3) is 0.214. The molecule has 0 atom stereocenters. The highest BCUT2D eigenvalue weighted by atomic mass is 32.2. The predicted molar refractivity (Wildman–Crippen MR) is 80.9 cm³/mol. The van der Waals surface area contributed by atoms with Crippen molar-refractivity contribution in [2.24, 2.45) is 0 Å². The fourth-order valence-corrected chi connectivity index (χ4v) is 3.31. The molecule has 6 heteroatoms. The number of thioether (sulfide) groups is 1. The zero-order valence-corrected chi connectivity index (χ0v) is 12.7. The number of hydrogen-bond donors (Lipinski definition) is 1. The zero-order chi connectivity index (χ0) is 14.7. The molecule has 2 rings (SSSR count). The second-order valence-corrected chi connectivity index (χ2v) is 6.35. The summed E-state index contributed by atoms with van der Waals surface area (Å²) in [5.74, 6) is -0.450. The number of aromatic nitrogens is 1. The summed E-state index contributed by atoms with van der Waals surface area (Å²) >= 11 is 2.85. The molecule has 0 fully saturated rings. The highest BCUT2D eigenvalue weighted by Gasteiger charge is 2.21. The van der Waals surface area contributed by atoms with Crippen LogP contribution in [0.15, 0.2) is 29.2 Å². The van der Waals surface area contributed by atoms with E-state index in [2.05, 4.69) is 11.9 Å². The fourth-order valence-electron chi connectivity index (χ4n) is 1.69. The van der Waals surface area contributed by atoms with Crippen LogP contribution in [0.4, 0.5) is 0 Å². The van der Waals surface area contributed by atoms with E-state index in [9.17, 15) is 9.59 Å². The van der Waals surface area contributed by atoms with E-state index in [0.717, 1.165) is 27.5 Å². The van der Waals surface area contributed by atoms with Crippen LogP contribution in [0.3, 0.4) is 0 Å². The van der Waals surface area contributed by atoms with Gasteiger partial charge in [0, 0.05) is 17.4 Å². The highest BCUT2D eigenvalue weighted by Crippen LogP contribution is 2.30. The van der Waals surface area contributed by atoms with E-state index in [-0.39, 0.29) is 16.4 Å². The van der Waals surface area contributed by atoms with Crippen molar-refractivity contribution in [3.63, 3.8) is 0 Å². The van der Waals surface area contributed by atoms with E-state index in [1.54, 1.807) is 11.8 Å². The highest BCUT2D eigenvalue weighted by molar-refractivity contribution is 7.99. The summed E-state index contributed by atoms with van der Waals surface area (Å²) in [6.45, 7) is 3.43. The predicted octanol–water partition coefficient (Wildman–Crippen LogP) is 3.82. The molecule has 1 N–H and O–H groups in total. The number of carbonyl (C=O) groups is 2. The number of carboxylic acid groups (broad SMARTS) is 1. The number of hydrogen-bond acceptors (Lipinski definition) is 5. The van der Waals surface area contributed by atoms with Crippen LogP contribution in [0.2, 0.25) is 0 Å². The SMILES string of the molecule is CCSc1ccc(-c2nc(C(=O)O)c(C(C)=O)s2)cc1. The van der Waals surface area contributed by atoms with Crippen LogP contribution in [0.25, 0.3) is 10.6 Å². The molecule has 0 saturated carbocycles. The van der Waals surface area contributed by atoms with Gasteiger partial charge in [-0.1, -0.05) is 19.1 Å². The first kappa shape index (κ1) is 14.7. The van der Waals surface area contributed by atoms with Gasteiger partial charge in [0.15, 0.2) is 11.5 Å². The zero-order valence-electron chi connectivity index (χ0n) is 11.0. The van der Waals surface area contributed by atoms with Crippen molar-refractivity contribution >= 4 is 34.9 Å². The minimum absolute atomic E-state index is 0.162. The summed E-state index contributed by atoms with van der Waals surface area (Å²) in [7, 11) is 0. The van der Waals surface area contributed by atoms with Crippen molar-refractivity contribution in [2.75, 3.05) is 5.75 Å². The van der Waals surface area contributed by atoms with Gasteiger partial charge in [-0.25, -0.2) is 9.78 Å². The van der Waals surface area contributed by atoms with E-state index >= 15 is 0 Å². The number of benzene rings is 1. The van der Waals surface area contributed by atoms with Crippen molar-refractivity contribution < 1.29 is 14.7 Å². The Morgan fingerprint density at radius 2 is 1.95 bits per heavy atom. The maximum atomic E-state index is 11.5. The van der Waals surface area contributed by atoms with Crippen LogP contribution < -0.4 is 0 Å². The summed E-state index contributed by atoms with van der Waals surface area (Å²) in [6, 6.07) is 7.73. The third-order valence-electron chi connectivity index (χ3n) is 2.56. The van der Waals surface area contributed by atoms with Gasteiger partial charge in [0.25, 0.3) is 0 Å². The third-order valence-corrected chi connectivity index (χ3v) is 4.66. The van der Waals surface area contributed by atoms with Gasteiger partial charge >= 0.3 is 5.97 Å². The van der Waals surface area contributed by atoms with Crippen molar-refractivity contribution in [1.82, 2.24) is 4.98 Å². The topological polar surface area (TPSA) is 67.3 Å². The monoisotopic (exact) mass is 307 g/mol. The van der Waals surface area contributed by atoms with Gasteiger partial charge in [0.2, 0.25) is 0 Å². The molecule has 0 aliphatic carbocycles. The first-order valence-corrected chi connectivity index (χ1v) is 7.81. The van der Waals surface area contributed by atoms with Gasteiger partial charge < -0.3 is 5.11 Å². The molecule has 1 aromatic carbocycles. The minimum Gasteiger partial charge on any atom is -0.476 e. The summed E-state index contributed by atoms with van der Waals surface area (Å²) in [6.07, 6.45) is 0. The number of rotatable bonds is 5. The molecule has 1 heterocycles. The average molecular weight is 307 g/mol. The van der Waals surface area contributed by atoms with E-state index < -0.39 is 5.97 Å². The van der Waals surface area contributed by atoms with Gasteiger partial charge in [0.05, 0.1) is 0 Å². The molecule has 1 aromatic heterocycles. The number of ketones is 1. The molecule has 104 valence electrons. The third kappa shape index (κ3) is 3.08. The van der Waals surface area contributed by atoms with Crippen LogP contribution in [0.1, 0.15) is 34.0 Å². The lowest BCUT2D eigenvalue weighted by Gasteiger charge is -1.99. The van der Waals surface area contributed by atoms with Crippen LogP contribution in [-0.2, 0) is 0 Å². The first-order chi connectivity index (χ1) is 9.52. The molecule has 4 nitrogen and oxygen atoms in total. The number of aromatic carboxylic acids is 1. The first-order valence-electron chi connectivity index (χ1n) is 6.01. The summed E-state index contributed by atoms with van der Waals surface area (Å²) < 4.78 is 0. The van der Waals surface area contributed by atoms with E-state index in [4.69, 9.17) is 5.11 Å². The lowest BCUT2D eigenvalue weighted by molar-refractivity contribution is 0.0687. The Morgan fingerprint density at radius 1 is 1.30 bits per heavy atom. The molecular weight excluding hydrogens is 294 g/mol. The van der Waals surface area contributed by atoms with Crippen molar-refractivity contribution in [2.45, 2.75) is 18.7 Å². The maximum Gasteiger partial charge on any atom is 0.356 e. The molecule has 2 aromatic rings. The number of nitrogens with zero attached hydrogens (tertiary/aromatic N) is 1. The molecule has 0 radical (unpaired) electrons. The number of thiazole rings is 1. The number of Topliss-reactive ketones (excluding diaryl/α,β-unsaturated/α-hetero) is 1. The van der Waals surface area contributed by atoms with Gasteiger partial charge in [0.1, 0.15) is 9.88 Å². The molecule has 20 heavy (non-hydrogen) atoms. The Bertz CT molecular complexity index is 615. The van der Waals surface area contributed by atoms with Crippen molar-refractivity contribution in [1.29, 1.82) is 0 Å². The molecule has 0 unspecified atom stereocenters. The van der Waals surface area contributed by atoms with Crippen molar-refractivity contribution in [3.05, 3.63) is 34.8 Å². The molecule has 0 spiro atoms. The molecule has 0 amide bonds. The molecule has 0 saturated heterocycles. The van der Waals surface area contributed by atoms with Crippen LogP contribution in [0.5, 0.6) is 0 Å². The van der Waals surface area contributed by atoms with Gasteiger partial charge in [-0.2, -0.15) is 0 Å². The summed E-state index contributed by atoms with van der Waals surface area (Å²) in [5.41, 5.74) is 0.662. The van der Waals surface area contributed by atoms with Gasteiger partial charge in [-0.05, 0) is 17.9 Å².